The third kappa shape index (κ3) is 3.65. The van der Waals surface area contributed by atoms with Crippen LogP contribution in [0.1, 0.15) is 24.5 Å². The van der Waals surface area contributed by atoms with Crippen molar-refractivity contribution in [3.05, 3.63) is 29.3 Å². The lowest BCUT2D eigenvalue weighted by molar-refractivity contribution is -0.155. The van der Waals surface area contributed by atoms with Gasteiger partial charge in [-0.2, -0.15) is 0 Å². The second-order valence-corrected chi connectivity index (χ2v) is 5.53. The van der Waals surface area contributed by atoms with E-state index in [1.165, 1.54) is 14.2 Å². The van der Waals surface area contributed by atoms with Crippen LogP contribution in [0.3, 0.4) is 0 Å². The van der Waals surface area contributed by atoms with Crippen molar-refractivity contribution in [2.75, 3.05) is 32.3 Å². The number of aryl methyl sites for hydroxylation is 2. The summed E-state index contributed by atoms with van der Waals surface area (Å²) in [6.07, 6.45) is 1.28. The van der Waals surface area contributed by atoms with Crippen LogP contribution in [-0.4, -0.2) is 39.8 Å². The van der Waals surface area contributed by atoms with Crippen molar-refractivity contribution in [2.45, 2.75) is 27.2 Å². The Balaban J connectivity index is 3.24. The summed E-state index contributed by atoms with van der Waals surface area (Å²) in [5.74, 6) is -0.366. The van der Waals surface area contributed by atoms with Gasteiger partial charge in [0.25, 0.3) is 0 Å². The van der Waals surface area contributed by atoms with Crippen LogP contribution in [-0.2, 0) is 19.1 Å². The highest BCUT2D eigenvalue weighted by Crippen LogP contribution is 2.31. The molecule has 0 spiro atoms. The number of benzene rings is 1. The highest BCUT2D eigenvalue weighted by Gasteiger charge is 2.40. The maximum absolute atomic E-state index is 12.3. The summed E-state index contributed by atoms with van der Waals surface area (Å²) in [4.78, 5) is 25.5. The predicted octanol–water partition coefficient (Wildman–Crippen LogP) is 2.48. The molecular weight excluding hydrogens is 282 g/mol. The summed E-state index contributed by atoms with van der Waals surface area (Å²) >= 11 is 0. The van der Waals surface area contributed by atoms with Crippen LogP contribution < -0.4 is 4.90 Å². The first-order chi connectivity index (χ1) is 10.5. The van der Waals surface area contributed by atoms with Gasteiger partial charge < -0.3 is 14.4 Å². The van der Waals surface area contributed by atoms with Crippen molar-refractivity contribution in [3.8, 4) is 0 Å². The fourth-order valence-corrected chi connectivity index (χ4v) is 2.77. The van der Waals surface area contributed by atoms with Crippen molar-refractivity contribution in [1.29, 1.82) is 0 Å². The molecule has 0 bridgehead atoms. The van der Waals surface area contributed by atoms with Gasteiger partial charge in [0, 0.05) is 19.3 Å². The average molecular weight is 307 g/mol. The van der Waals surface area contributed by atoms with Gasteiger partial charge in [0.15, 0.2) is 0 Å². The lowest BCUT2D eigenvalue weighted by Gasteiger charge is -2.34. The zero-order chi connectivity index (χ0) is 16.8. The lowest BCUT2D eigenvalue weighted by Crippen LogP contribution is -2.46. The maximum Gasteiger partial charge on any atom is 0.315 e. The van der Waals surface area contributed by atoms with E-state index >= 15 is 0 Å². The summed E-state index contributed by atoms with van der Waals surface area (Å²) in [5, 5.41) is 0. The van der Waals surface area contributed by atoms with E-state index in [1.807, 2.05) is 39.0 Å². The lowest BCUT2D eigenvalue weighted by atomic mass is 9.85. The molecular formula is C17H25NO4. The van der Waals surface area contributed by atoms with Crippen molar-refractivity contribution < 1.29 is 19.1 Å². The van der Waals surface area contributed by atoms with E-state index < -0.39 is 5.41 Å². The molecule has 0 aromatic heterocycles. The van der Waals surface area contributed by atoms with Crippen LogP contribution in [0.2, 0.25) is 0 Å². The van der Waals surface area contributed by atoms with Crippen molar-refractivity contribution in [3.63, 3.8) is 0 Å². The number of carbonyl (C=O) groups excluding carboxylic acids is 2. The Morgan fingerprint density at radius 1 is 1.27 bits per heavy atom. The average Bonchev–Trinajstić information content (AvgIpc) is 2.51. The van der Waals surface area contributed by atoms with E-state index in [4.69, 9.17) is 9.47 Å². The van der Waals surface area contributed by atoms with Crippen LogP contribution in [0.4, 0.5) is 5.69 Å². The number of hydrogen-bond donors (Lipinski definition) is 0. The number of hydrogen-bond acceptors (Lipinski definition) is 4. The molecule has 0 fully saturated rings. The van der Waals surface area contributed by atoms with Crippen molar-refractivity contribution in [2.24, 2.45) is 5.41 Å². The van der Waals surface area contributed by atoms with Crippen molar-refractivity contribution >= 4 is 18.1 Å². The molecule has 1 aromatic rings. The second-order valence-electron chi connectivity index (χ2n) is 5.53. The topological polar surface area (TPSA) is 55.8 Å². The van der Waals surface area contributed by atoms with Crippen LogP contribution in [0.25, 0.3) is 0 Å². The fourth-order valence-electron chi connectivity index (χ4n) is 2.77. The minimum Gasteiger partial charge on any atom is -0.468 e. The maximum atomic E-state index is 12.3. The first-order valence-electron chi connectivity index (χ1n) is 7.31. The Bertz CT molecular complexity index is 509. The summed E-state index contributed by atoms with van der Waals surface area (Å²) in [6.45, 7) is 6.20. The number of rotatable bonds is 8. The van der Waals surface area contributed by atoms with Gasteiger partial charge in [-0.15, -0.1) is 0 Å². The fraction of sp³-hybridized carbons (Fsp3) is 0.529. The molecule has 1 atom stereocenters. The van der Waals surface area contributed by atoms with Gasteiger partial charge in [-0.05, 0) is 31.4 Å². The van der Waals surface area contributed by atoms with Gasteiger partial charge in [0.1, 0.15) is 5.41 Å². The minimum atomic E-state index is -0.876. The molecule has 0 heterocycles. The number of esters is 1. The zero-order valence-corrected chi connectivity index (χ0v) is 14.0. The molecule has 0 radical (unpaired) electrons. The molecule has 0 aliphatic rings. The third-order valence-electron chi connectivity index (χ3n) is 4.04. The van der Waals surface area contributed by atoms with Gasteiger partial charge in [-0.1, -0.05) is 25.1 Å². The largest absolute Gasteiger partial charge is 0.468 e. The Morgan fingerprint density at radius 3 is 2.27 bits per heavy atom. The Morgan fingerprint density at radius 2 is 1.86 bits per heavy atom. The molecule has 1 rings (SSSR count). The van der Waals surface area contributed by atoms with Gasteiger partial charge >= 0.3 is 5.97 Å². The number of carbonyl (C=O) groups is 2. The van der Waals surface area contributed by atoms with E-state index in [9.17, 15) is 9.59 Å². The third-order valence-corrected chi connectivity index (χ3v) is 4.04. The van der Waals surface area contributed by atoms with Gasteiger partial charge in [0.2, 0.25) is 6.41 Å². The van der Waals surface area contributed by atoms with E-state index in [2.05, 4.69) is 0 Å². The number of para-hydroxylation sites is 1. The second kappa shape index (κ2) is 7.94. The Labute approximate surface area is 132 Å². The molecule has 1 unspecified atom stereocenters. The summed E-state index contributed by atoms with van der Waals surface area (Å²) in [5.41, 5.74) is 1.92. The summed E-state index contributed by atoms with van der Waals surface area (Å²) in [6, 6.07) is 5.83. The van der Waals surface area contributed by atoms with Crippen molar-refractivity contribution in [1.82, 2.24) is 0 Å². The molecule has 5 nitrogen and oxygen atoms in total. The molecule has 5 heteroatoms. The van der Waals surface area contributed by atoms with Gasteiger partial charge in [0.05, 0.1) is 13.7 Å². The first-order valence-corrected chi connectivity index (χ1v) is 7.31. The van der Waals surface area contributed by atoms with E-state index in [1.54, 1.807) is 4.90 Å². The Kier molecular flexibility index (Phi) is 6.56. The molecule has 22 heavy (non-hydrogen) atoms. The van der Waals surface area contributed by atoms with E-state index in [0.29, 0.717) is 6.42 Å². The molecule has 1 amide bonds. The van der Waals surface area contributed by atoms with Gasteiger partial charge in [-0.3, -0.25) is 9.59 Å². The molecule has 1 aromatic carbocycles. The quantitative estimate of drug-likeness (QED) is 0.547. The number of anilines is 1. The first kappa shape index (κ1) is 18.2. The number of methoxy groups -OCH3 is 2. The standard InChI is InChI=1S/C17H25NO4/c1-6-17(11-21-4,16(20)22-5)10-18(12-19)15-13(2)8-7-9-14(15)3/h7-9,12H,6,10-11H2,1-5H3. The normalized spacial score (nSPS) is 13.3. The monoisotopic (exact) mass is 307 g/mol. The van der Waals surface area contributed by atoms with E-state index in [-0.39, 0.29) is 19.1 Å². The number of nitrogens with zero attached hydrogens (tertiary/aromatic N) is 1. The van der Waals surface area contributed by atoms with E-state index in [0.717, 1.165) is 23.2 Å². The smallest absolute Gasteiger partial charge is 0.315 e. The van der Waals surface area contributed by atoms with Crippen LogP contribution >= 0.6 is 0 Å². The van der Waals surface area contributed by atoms with Crippen LogP contribution in [0.5, 0.6) is 0 Å². The molecule has 0 saturated heterocycles. The predicted molar refractivity (Wildman–Crippen MR) is 85.9 cm³/mol. The summed E-state index contributed by atoms with van der Waals surface area (Å²) < 4.78 is 10.2. The van der Waals surface area contributed by atoms with Gasteiger partial charge in [-0.25, -0.2) is 0 Å². The highest BCUT2D eigenvalue weighted by molar-refractivity contribution is 5.83. The number of ether oxygens (including phenoxy) is 2. The molecule has 0 saturated carbocycles. The highest BCUT2D eigenvalue weighted by atomic mass is 16.5. The molecule has 122 valence electrons. The molecule has 0 N–H and O–H groups in total. The van der Waals surface area contributed by atoms with Crippen LogP contribution in [0.15, 0.2) is 18.2 Å². The minimum absolute atomic E-state index is 0.200. The number of amides is 1. The molecule has 0 aliphatic heterocycles. The Hall–Kier alpha value is -1.88. The summed E-state index contributed by atoms with van der Waals surface area (Å²) in [7, 11) is 2.89. The molecule has 0 aliphatic carbocycles. The van der Waals surface area contributed by atoms with Crippen LogP contribution in [0, 0.1) is 19.3 Å². The zero-order valence-electron chi connectivity index (χ0n) is 14.0. The SMILES string of the molecule is CCC(COC)(CN(C=O)c1c(C)cccc1C)C(=O)OC.